The quantitative estimate of drug-likeness (QED) is 0.690. The number of amides is 1. The van der Waals surface area contributed by atoms with Gasteiger partial charge in [-0.2, -0.15) is 0 Å². The highest BCUT2D eigenvalue weighted by atomic mass is 35.5. The molecule has 1 aromatic heterocycles. The van der Waals surface area contributed by atoms with Gasteiger partial charge < -0.3 is 18.9 Å². The van der Waals surface area contributed by atoms with Gasteiger partial charge in [0.1, 0.15) is 17.0 Å². The Bertz CT molecular complexity index is 968. The van der Waals surface area contributed by atoms with Gasteiger partial charge in [-0.25, -0.2) is 4.98 Å². The lowest BCUT2D eigenvalue weighted by molar-refractivity contribution is -0.117. The third-order valence-electron chi connectivity index (χ3n) is 4.43. The van der Waals surface area contributed by atoms with E-state index in [2.05, 4.69) is 4.98 Å². The van der Waals surface area contributed by atoms with Gasteiger partial charge in [-0.05, 0) is 35.9 Å². The molecule has 0 N–H and O–H groups in total. The van der Waals surface area contributed by atoms with Crippen LogP contribution in [0.3, 0.4) is 0 Å². The maximum Gasteiger partial charge on any atom is 0.231 e. The Morgan fingerprint density at radius 2 is 1.69 bits per heavy atom. The van der Waals surface area contributed by atoms with E-state index in [1.54, 1.807) is 26.2 Å². The van der Waals surface area contributed by atoms with Crippen LogP contribution in [0.2, 0.25) is 5.28 Å². The molecule has 1 aliphatic rings. The van der Waals surface area contributed by atoms with Crippen LogP contribution in [0.1, 0.15) is 5.56 Å². The first kappa shape index (κ1) is 18.1. The van der Waals surface area contributed by atoms with Crippen molar-refractivity contribution >= 4 is 34.2 Å². The standard InChI is InChI=1S/C10H11NO2.C9H9ClN2O/c1-11-8-4-3-5-9(13-2)7(8)6-10(11)12;1-12-6-4-3-5-7(13-2)8(6)11-9(12)10/h3-5H,6H2,1-2H3;3-5H,1-2H3. The van der Waals surface area contributed by atoms with Crippen LogP contribution in [0.25, 0.3) is 11.0 Å². The summed E-state index contributed by atoms with van der Waals surface area (Å²) < 4.78 is 12.2. The molecule has 0 fully saturated rings. The molecular weight excluding hydrogens is 354 g/mol. The van der Waals surface area contributed by atoms with Crippen LogP contribution < -0.4 is 14.4 Å². The monoisotopic (exact) mass is 373 g/mol. The van der Waals surface area contributed by atoms with Gasteiger partial charge in [0.2, 0.25) is 11.2 Å². The number of ether oxygens (including phenoxy) is 2. The third-order valence-corrected chi connectivity index (χ3v) is 4.77. The Kier molecular flexibility index (Phi) is 5.04. The molecule has 4 rings (SSSR count). The maximum atomic E-state index is 11.4. The van der Waals surface area contributed by atoms with Gasteiger partial charge in [-0.15, -0.1) is 0 Å². The molecule has 1 aliphatic heterocycles. The predicted molar refractivity (Wildman–Crippen MR) is 102 cm³/mol. The summed E-state index contributed by atoms with van der Waals surface area (Å²) in [6, 6.07) is 11.4. The molecule has 0 atom stereocenters. The number of likely N-dealkylation sites (N-methyl/N-ethyl adjacent to an activating group) is 1. The molecule has 0 spiro atoms. The highest BCUT2D eigenvalue weighted by Gasteiger charge is 2.26. The summed E-state index contributed by atoms with van der Waals surface area (Å²) in [6.45, 7) is 0. The Morgan fingerprint density at radius 3 is 2.38 bits per heavy atom. The van der Waals surface area contributed by atoms with E-state index in [9.17, 15) is 4.79 Å². The average molecular weight is 374 g/mol. The van der Waals surface area contributed by atoms with E-state index in [4.69, 9.17) is 21.1 Å². The molecule has 2 aromatic carbocycles. The Balaban J connectivity index is 0.000000151. The fraction of sp³-hybridized carbons (Fsp3) is 0.263. The smallest absolute Gasteiger partial charge is 0.231 e. The minimum Gasteiger partial charge on any atom is -0.496 e. The number of hydrogen-bond donors (Lipinski definition) is 0. The van der Waals surface area contributed by atoms with Crippen LogP contribution in [0.15, 0.2) is 36.4 Å². The second-order valence-corrected chi connectivity index (χ2v) is 6.19. The fourth-order valence-corrected chi connectivity index (χ4v) is 3.14. The van der Waals surface area contributed by atoms with E-state index in [1.807, 2.05) is 48.0 Å². The van der Waals surface area contributed by atoms with Crippen LogP contribution >= 0.6 is 11.6 Å². The molecule has 2 heterocycles. The molecular formula is C19H20ClN3O3. The first-order valence-corrected chi connectivity index (χ1v) is 8.43. The van der Waals surface area contributed by atoms with Crippen molar-refractivity contribution in [3.63, 3.8) is 0 Å². The molecule has 136 valence electrons. The normalized spacial score (nSPS) is 12.7. The molecule has 3 aromatic rings. The molecule has 0 unspecified atom stereocenters. The Morgan fingerprint density at radius 1 is 1.04 bits per heavy atom. The fourth-order valence-electron chi connectivity index (χ4n) is 2.97. The SMILES string of the molecule is COc1cccc2c1CC(=O)N2C.COc1cccc2c1nc(Cl)n2C. The van der Waals surface area contributed by atoms with E-state index in [1.165, 1.54) is 0 Å². The van der Waals surface area contributed by atoms with Gasteiger partial charge in [0, 0.05) is 19.7 Å². The van der Waals surface area contributed by atoms with Crippen LogP contribution in [-0.2, 0) is 18.3 Å². The predicted octanol–water partition coefficient (Wildman–Crippen LogP) is 3.45. The van der Waals surface area contributed by atoms with Gasteiger partial charge in [0.15, 0.2) is 0 Å². The lowest BCUT2D eigenvalue weighted by atomic mass is 10.1. The minimum absolute atomic E-state index is 0.125. The zero-order chi connectivity index (χ0) is 18.8. The van der Waals surface area contributed by atoms with Crippen molar-refractivity contribution in [3.8, 4) is 11.5 Å². The summed E-state index contributed by atoms with van der Waals surface area (Å²) in [5.41, 5.74) is 3.74. The highest BCUT2D eigenvalue weighted by molar-refractivity contribution is 6.29. The van der Waals surface area contributed by atoms with Gasteiger partial charge in [-0.1, -0.05) is 12.1 Å². The number of aromatic nitrogens is 2. The molecule has 7 heteroatoms. The van der Waals surface area contributed by atoms with Crippen LogP contribution in [0.4, 0.5) is 5.69 Å². The number of hydrogen-bond acceptors (Lipinski definition) is 4. The van der Waals surface area contributed by atoms with Gasteiger partial charge in [0.05, 0.1) is 31.8 Å². The van der Waals surface area contributed by atoms with E-state index >= 15 is 0 Å². The number of carbonyl (C=O) groups is 1. The number of fused-ring (bicyclic) bond motifs is 2. The molecule has 26 heavy (non-hydrogen) atoms. The van der Waals surface area contributed by atoms with E-state index < -0.39 is 0 Å². The molecule has 0 saturated carbocycles. The zero-order valence-corrected chi connectivity index (χ0v) is 15.9. The van der Waals surface area contributed by atoms with Crippen molar-refractivity contribution in [2.45, 2.75) is 6.42 Å². The zero-order valence-electron chi connectivity index (χ0n) is 15.1. The Labute approximate surface area is 156 Å². The number of benzene rings is 2. The van der Waals surface area contributed by atoms with Crippen molar-refractivity contribution in [1.29, 1.82) is 0 Å². The number of halogens is 1. The number of methoxy groups -OCH3 is 2. The van der Waals surface area contributed by atoms with Crippen molar-refractivity contribution in [1.82, 2.24) is 9.55 Å². The second-order valence-electron chi connectivity index (χ2n) is 5.86. The van der Waals surface area contributed by atoms with Crippen molar-refractivity contribution in [2.24, 2.45) is 7.05 Å². The number of carbonyl (C=O) groups excluding carboxylic acids is 1. The highest BCUT2D eigenvalue weighted by Crippen LogP contribution is 2.34. The summed E-state index contributed by atoms with van der Waals surface area (Å²) in [5.74, 6) is 1.68. The number of aryl methyl sites for hydroxylation is 1. The third kappa shape index (κ3) is 3.08. The van der Waals surface area contributed by atoms with E-state index in [-0.39, 0.29) is 5.91 Å². The molecule has 0 aliphatic carbocycles. The van der Waals surface area contributed by atoms with Gasteiger partial charge >= 0.3 is 0 Å². The number of anilines is 1. The summed E-state index contributed by atoms with van der Waals surface area (Å²) >= 11 is 5.88. The summed E-state index contributed by atoms with van der Waals surface area (Å²) in [6.07, 6.45) is 0.454. The number of rotatable bonds is 2. The molecule has 6 nitrogen and oxygen atoms in total. The first-order chi connectivity index (χ1) is 12.5. The number of nitrogens with zero attached hydrogens (tertiary/aromatic N) is 3. The second kappa shape index (κ2) is 7.25. The van der Waals surface area contributed by atoms with Gasteiger partial charge in [-0.3, -0.25) is 4.79 Å². The lowest BCUT2D eigenvalue weighted by Crippen LogP contribution is -2.20. The first-order valence-electron chi connectivity index (χ1n) is 8.05. The maximum absolute atomic E-state index is 11.4. The van der Waals surface area contributed by atoms with Crippen molar-refractivity contribution in [2.75, 3.05) is 26.2 Å². The lowest BCUT2D eigenvalue weighted by Gasteiger charge is -2.10. The summed E-state index contributed by atoms with van der Waals surface area (Å²) in [5, 5.41) is 0.472. The molecule has 1 amide bonds. The summed E-state index contributed by atoms with van der Waals surface area (Å²) in [7, 11) is 6.90. The summed E-state index contributed by atoms with van der Waals surface area (Å²) in [4.78, 5) is 17.2. The number of para-hydroxylation sites is 1. The molecule has 0 bridgehead atoms. The van der Waals surface area contributed by atoms with Gasteiger partial charge in [0.25, 0.3) is 0 Å². The van der Waals surface area contributed by atoms with Crippen LogP contribution in [0.5, 0.6) is 11.5 Å². The topological polar surface area (TPSA) is 56.6 Å². The molecule has 0 radical (unpaired) electrons. The Hall–Kier alpha value is -2.73. The van der Waals surface area contributed by atoms with E-state index in [0.717, 1.165) is 33.8 Å². The van der Waals surface area contributed by atoms with Crippen molar-refractivity contribution < 1.29 is 14.3 Å². The molecule has 0 saturated heterocycles. The number of imidazole rings is 1. The van der Waals surface area contributed by atoms with Crippen LogP contribution in [-0.4, -0.2) is 36.7 Å². The largest absolute Gasteiger partial charge is 0.496 e. The van der Waals surface area contributed by atoms with Crippen LogP contribution in [0, 0.1) is 0 Å². The average Bonchev–Trinajstić information content (AvgIpc) is 3.12. The minimum atomic E-state index is 0.125. The van der Waals surface area contributed by atoms with Crippen molar-refractivity contribution in [3.05, 3.63) is 47.2 Å². The van der Waals surface area contributed by atoms with E-state index in [0.29, 0.717) is 11.7 Å².